The van der Waals surface area contributed by atoms with E-state index < -0.39 is 6.29 Å². The molecule has 3 aromatic carbocycles. The highest BCUT2D eigenvalue weighted by molar-refractivity contribution is 7.99. The molecule has 0 bridgehead atoms. The molecule has 2 heterocycles. The van der Waals surface area contributed by atoms with E-state index in [2.05, 4.69) is 33.8 Å². The van der Waals surface area contributed by atoms with Crippen LogP contribution in [0.4, 0.5) is 4.79 Å². The van der Waals surface area contributed by atoms with Gasteiger partial charge in [0.1, 0.15) is 0 Å². The lowest BCUT2D eigenvalue weighted by Gasteiger charge is -2.36. The maximum atomic E-state index is 11.9. The minimum Gasteiger partial charge on any atom is -0.392 e. The van der Waals surface area contributed by atoms with E-state index in [0.29, 0.717) is 13.1 Å². The summed E-state index contributed by atoms with van der Waals surface area (Å²) in [5, 5.41) is 16.1. The van der Waals surface area contributed by atoms with Crippen molar-refractivity contribution in [3.63, 3.8) is 0 Å². The Kier molecular flexibility index (Phi) is 10.0. The SMILES string of the molecule is CCNC(=O)NCc1ccccc1-c1ccc(C2OC(CSc3ccccn3)CC(c3ccc(CO)cc3)O2)cc1. The molecule has 8 heteroatoms. The van der Waals surface area contributed by atoms with Crippen LogP contribution in [0.5, 0.6) is 0 Å². The van der Waals surface area contributed by atoms with Crippen molar-refractivity contribution in [2.45, 2.75) is 50.0 Å². The second-order valence-corrected chi connectivity index (χ2v) is 10.9. The van der Waals surface area contributed by atoms with E-state index in [1.165, 1.54) is 0 Å². The fraction of sp³-hybridized carbons (Fsp3) is 0.273. The topological polar surface area (TPSA) is 92.7 Å². The molecule has 0 radical (unpaired) electrons. The van der Waals surface area contributed by atoms with Crippen molar-refractivity contribution in [1.82, 2.24) is 15.6 Å². The first-order chi connectivity index (χ1) is 20.1. The van der Waals surface area contributed by atoms with E-state index in [4.69, 9.17) is 9.47 Å². The maximum absolute atomic E-state index is 11.9. The normalized spacial score (nSPS) is 18.5. The molecule has 1 aliphatic rings. The first kappa shape index (κ1) is 28.8. The van der Waals surface area contributed by atoms with Crippen molar-refractivity contribution in [3.05, 3.63) is 119 Å². The van der Waals surface area contributed by atoms with Crippen LogP contribution in [0.2, 0.25) is 0 Å². The number of nitrogens with one attached hydrogen (secondary N) is 2. The lowest BCUT2D eigenvalue weighted by Crippen LogP contribution is -2.34. The maximum Gasteiger partial charge on any atom is 0.315 e. The van der Waals surface area contributed by atoms with Crippen LogP contribution in [0.3, 0.4) is 0 Å². The van der Waals surface area contributed by atoms with Gasteiger partial charge in [-0.25, -0.2) is 9.78 Å². The summed E-state index contributed by atoms with van der Waals surface area (Å²) >= 11 is 1.68. The summed E-state index contributed by atoms with van der Waals surface area (Å²) in [5.41, 5.74) is 6.03. The molecule has 212 valence electrons. The van der Waals surface area contributed by atoms with Crippen LogP contribution in [-0.4, -0.2) is 34.5 Å². The fourth-order valence-corrected chi connectivity index (χ4v) is 5.69. The molecule has 0 spiro atoms. The van der Waals surface area contributed by atoms with Crippen molar-refractivity contribution < 1.29 is 19.4 Å². The van der Waals surface area contributed by atoms with Crippen LogP contribution in [-0.2, 0) is 22.6 Å². The Morgan fingerprint density at radius 3 is 2.41 bits per heavy atom. The summed E-state index contributed by atoms with van der Waals surface area (Å²) in [4.78, 5) is 16.4. The number of carbonyl (C=O) groups is 1. The molecule has 1 aromatic heterocycles. The first-order valence-corrected chi connectivity index (χ1v) is 14.9. The Labute approximate surface area is 245 Å². The van der Waals surface area contributed by atoms with Gasteiger partial charge in [0.05, 0.1) is 23.8 Å². The summed E-state index contributed by atoms with van der Waals surface area (Å²) in [6.07, 6.45) is 1.82. The smallest absolute Gasteiger partial charge is 0.315 e. The highest BCUT2D eigenvalue weighted by Crippen LogP contribution is 2.39. The van der Waals surface area contributed by atoms with Gasteiger partial charge in [0.15, 0.2) is 6.29 Å². The number of urea groups is 1. The second kappa shape index (κ2) is 14.3. The zero-order chi connectivity index (χ0) is 28.4. The van der Waals surface area contributed by atoms with Crippen LogP contribution in [0.25, 0.3) is 11.1 Å². The van der Waals surface area contributed by atoms with E-state index in [9.17, 15) is 9.90 Å². The molecule has 5 rings (SSSR count). The molecule has 41 heavy (non-hydrogen) atoms. The van der Waals surface area contributed by atoms with E-state index in [-0.39, 0.29) is 24.8 Å². The Balaban J connectivity index is 1.33. The third-order valence-corrected chi connectivity index (χ3v) is 8.03. The van der Waals surface area contributed by atoms with Crippen molar-refractivity contribution in [3.8, 4) is 11.1 Å². The highest BCUT2D eigenvalue weighted by Gasteiger charge is 2.32. The van der Waals surface area contributed by atoms with Gasteiger partial charge in [-0.2, -0.15) is 0 Å². The first-order valence-electron chi connectivity index (χ1n) is 13.9. The van der Waals surface area contributed by atoms with E-state index in [0.717, 1.165) is 50.6 Å². The number of ether oxygens (including phenoxy) is 2. The number of hydrogen-bond donors (Lipinski definition) is 3. The molecular formula is C33H35N3O4S. The number of benzene rings is 3. The number of pyridine rings is 1. The molecule has 3 atom stereocenters. The standard InChI is InChI=1S/C33H35N3O4S/c1-2-34-33(38)36-20-27-7-3-4-8-29(27)24-14-16-26(17-15-24)32-39-28(22-41-31-9-5-6-18-35-31)19-30(40-32)25-12-10-23(21-37)11-13-25/h3-18,28,30,32,37H,2,19-22H2,1H3,(H2,34,36,38). The summed E-state index contributed by atoms with van der Waals surface area (Å²) < 4.78 is 13.0. The van der Waals surface area contributed by atoms with Crippen LogP contribution in [0.1, 0.15) is 48.0 Å². The van der Waals surface area contributed by atoms with Gasteiger partial charge in [-0.3, -0.25) is 0 Å². The number of hydrogen-bond acceptors (Lipinski definition) is 6. The van der Waals surface area contributed by atoms with Gasteiger partial charge in [-0.15, -0.1) is 11.8 Å². The Morgan fingerprint density at radius 2 is 1.68 bits per heavy atom. The molecule has 0 aliphatic carbocycles. The summed E-state index contributed by atoms with van der Waals surface area (Å²) in [7, 11) is 0. The number of aliphatic hydroxyl groups is 1. The Morgan fingerprint density at radius 1 is 0.927 bits per heavy atom. The van der Waals surface area contributed by atoms with E-state index in [1.807, 2.05) is 79.7 Å². The zero-order valence-corrected chi connectivity index (χ0v) is 23.8. The van der Waals surface area contributed by atoms with Crippen LogP contribution < -0.4 is 10.6 Å². The second-order valence-electron chi connectivity index (χ2n) is 9.82. The van der Waals surface area contributed by atoms with E-state index >= 15 is 0 Å². The van der Waals surface area contributed by atoms with Crippen LogP contribution in [0, 0.1) is 0 Å². The van der Waals surface area contributed by atoms with Gasteiger partial charge in [-0.1, -0.05) is 78.9 Å². The predicted octanol–water partition coefficient (Wildman–Crippen LogP) is 6.40. The molecule has 4 aromatic rings. The van der Waals surface area contributed by atoms with Gasteiger partial charge < -0.3 is 25.2 Å². The van der Waals surface area contributed by atoms with Gasteiger partial charge in [0, 0.05) is 37.0 Å². The number of thioether (sulfide) groups is 1. The summed E-state index contributed by atoms with van der Waals surface area (Å²) in [6.45, 7) is 2.92. The number of carbonyl (C=O) groups excluding carboxylic acids is 1. The third-order valence-electron chi connectivity index (χ3n) is 6.96. The summed E-state index contributed by atoms with van der Waals surface area (Å²) in [6, 6.07) is 30.0. The van der Waals surface area contributed by atoms with Gasteiger partial charge in [-0.05, 0) is 46.9 Å². The average molecular weight is 570 g/mol. The number of amides is 2. The lowest BCUT2D eigenvalue weighted by molar-refractivity contribution is -0.245. The minimum absolute atomic E-state index is 0.0123. The highest BCUT2D eigenvalue weighted by atomic mass is 32.2. The van der Waals surface area contributed by atoms with Crippen molar-refractivity contribution in [2.75, 3.05) is 12.3 Å². The predicted molar refractivity (Wildman–Crippen MR) is 161 cm³/mol. The molecule has 7 nitrogen and oxygen atoms in total. The van der Waals surface area contributed by atoms with Crippen LogP contribution >= 0.6 is 11.8 Å². The zero-order valence-electron chi connectivity index (χ0n) is 23.0. The molecule has 1 aliphatic heterocycles. The van der Waals surface area contributed by atoms with Crippen molar-refractivity contribution in [2.24, 2.45) is 0 Å². The fourth-order valence-electron chi connectivity index (χ4n) is 4.81. The lowest BCUT2D eigenvalue weighted by atomic mass is 9.98. The van der Waals surface area contributed by atoms with Crippen LogP contribution in [0.15, 0.2) is 102 Å². The minimum atomic E-state index is -0.524. The van der Waals surface area contributed by atoms with Gasteiger partial charge >= 0.3 is 6.03 Å². The molecule has 1 saturated heterocycles. The van der Waals surface area contributed by atoms with Gasteiger partial charge in [0.2, 0.25) is 0 Å². The molecule has 1 fully saturated rings. The van der Waals surface area contributed by atoms with Crippen molar-refractivity contribution >= 4 is 17.8 Å². The quantitative estimate of drug-likeness (QED) is 0.192. The van der Waals surface area contributed by atoms with Crippen molar-refractivity contribution in [1.29, 1.82) is 0 Å². The molecule has 2 amide bonds. The average Bonchev–Trinajstić information content (AvgIpc) is 3.03. The molecule has 0 saturated carbocycles. The molecule has 3 N–H and O–H groups in total. The Bertz CT molecular complexity index is 1400. The third kappa shape index (κ3) is 7.74. The van der Waals surface area contributed by atoms with Gasteiger partial charge in [0.25, 0.3) is 0 Å². The number of aromatic nitrogens is 1. The Hall–Kier alpha value is -3.69. The van der Waals surface area contributed by atoms with E-state index in [1.54, 1.807) is 18.0 Å². The monoisotopic (exact) mass is 569 g/mol. The molecule has 3 unspecified atom stereocenters. The summed E-state index contributed by atoms with van der Waals surface area (Å²) in [5.74, 6) is 0.756. The molecular weight excluding hydrogens is 534 g/mol. The number of aliphatic hydroxyl groups excluding tert-OH is 1. The number of rotatable bonds is 10. The largest absolute Gasteiger partial charge is 0.392 e. The number of nitrogens with zero attached hydrogens (tertiary/aromatic N) is 1.